The van der Waals surface area contributed by atoms with Crippen molar-refractivity contribution in [1.82, 2.24) is 0 Å². The molecular formula is C11H27BO3Si. The van der Waals surface area contributed by atoms with E-state index >= 15 is 0 Å². The van der Waals surface area contributed by atoms with Gasteiger partial charge in [-0.3, -0.25) is 0 Å². The van der Waals surface area contributed by atoms with Crippen LogP contribution in [0, 0.1) is 0 Å². The van der Waals surface area contributed by atoms with E-state index in [1.807, 2.05) is 0 Å². The second-order valence-electron chi connectivity index (χ2n) is 5.83. The Labute approximate surface area is 102 Å². The van der Waals surface area contributed by atoms with E-state index in [1.165, 1.54) is 0 Å². The molecule has 0 fully saturated rings. The van der Waals surface area contributed by atoms with E-state index in [0.717, 1.165) is 6.32 Å². The van der Waals surface area contributed by atoms with E-state index in [1.54, 1.807) is 14.2 Å². The summed E-state index contributed by atoms with van der Waals surface area (Å²) < 4.78 is 16.6. The third-order valence-electron chi connectivity index (χ3n) is 3.35. The maximum atomic E-state index is 6.22. The highest BCUT2D eigenvalue weighted by molar-refractivity contribution is 6.74. The highest BCUT2D eigenvalue weighted by Crippen LogP contribution is 2.37. The Bertz CT molecular complexity index is 200. The van der Waals surface area contributed by atoms with Crippen molar-refractivity contribution in [3.8, 4) is 0 Å². The Kier molecular flexibility index (Phi) is 6.25. The molecule has 0 saturated carbocycles. The molecule has 0 aromatic heterocycles. The van der Waals surface area contributed by atoms with Gasteiger partial charge in [-0.1, -0.05) is 20.8 Å². The van der Waals surface area contributed by atoms with E-state index in [4.69, 9.17) is 13.7 Å². The van der Waals surface area contributed by atoms with Crippen molar-refractivity contribution in [1.29, 1.82) is 0 Å². The van der Waals surface area contributed by atoms with Crippen molar-refractivity contribution < 1.29 is 13.7 Å². The number of hydrogen-bond donors (Lipinski definition) is 0. The molecule has 0 spiro atoms. The van der Waals surface area contributed by atoms with Crippen LogP contribution in [-0.4, -0.2) is 35.8 Å². The third-order valence-corrected chi connectivity index (χ3v) is 7.96. The van der Waals surface area contributed by atoms with Crippen LogP contribution in [-0.2, 0) is 13.7 Å². The van der Waals surface area contributed by atoms with Crippen molar-refractivity contribution >= 4 is 15.4 Å². The zero-order valence-electron chi connectivity index (χ0n) is 12.1. The highest BCUT2D eigenvalue weighted by atomic mass is 28.4. The molecule has 0 rings (SSSR count). The molecule has 96 valence electrons. The molecule has 0 amide bonds. The minimum Gasteiger partial charge on any atom is -0.415 e. The fourth-order valence-electron chi connectivity index (χ4n) is 1.29. The van der Waals surface area contributed by atoms with Gasteiger partial charge in [0.2, 0.25) is 0 Å². The lowest BCUT2D eigenvalue weighted by Crippen LogP contribution is -2.44. The Morgan fingerprint density at radius 2 is 1.56 bits per heavy atom. The van der Waals surface area contributed by atoms with Gasteiger partial charge in [-0.25, -0.2) is 0 Å². The van der Waals surface area contributed by atoms with E-state index in [-0.39, 0.29) is 18.3 Å². The van der Waals surface area contributed by atoms with Gasteiger partial charge in [0.05, 0.1) is 0 Å². The molecule has 0 aliphatic rings. The predicted molar refractivity (Wildman–Crippen MR) is 72.3 cm³/mol. The molecule has 1 atom stereocenters. The summed E-state index contributed by atoms with van der Waals surface area (Å²) in [6, 6.07) is 0. The fraction of sp³-hybridized carbons (Fsp3) is 1.00. The van der Waals surface area contributed by atoms with Crippen LogP contribution < -0.4 is 0 Å². The van der Waals surface area contributed by atoms with Crippen LogP contribution in [0.3, 0.4) is 0 Å². The number of hydrogen-bond acceptors (Lipinski definition) is 3. The fourth-order valence-corrected chi connectivity index (χ4v) is 2.74. The molecule has 0 heterocycles. The van der Waals surface area contributed by atoms with Gasteiger partial charge in [0.1, 0.15) is 0 Å². The lowest BCUT2D eigenvalue weighted by atomic mass is 9.82. The predicted octanol–water partition coefficient (Wildman–Crippen LogP) is 3.18. The van der Waals surface area contributed by atoms with Gasteiger partial charge in [-0.2, -0.15) is 0 Å². The Morgan fingerprint density at radius 1 is 1.12 bits per heavy atom. The normalized spacial score (nSPS) is 15.0. The summed E-state index contributed by atoms with van der Waals surface area (Å²) in [6.07, 6.45) is 0.949. The monoisotopic (exact) mass is 246 g/mol. The first-order valence-corrected chi connectivity index (χ1v) is 8.78. The quantitative estimate of drug-likeness (QED) is 0.674. The molecular weight excluding hydrogens is 219 g/mol. The van der Waals surface area contributed by atoms with E-state index in [9.17, 15) is 0 Å². The van der Waals surface area contributed by atoms with E-state index in [2.05, 4.69) is 40.8 Å². The first-order valence-electron chi connectivity index (χ1n) is 5.87. The topological polar surface area (TPSA) is 27.7 Å². The summed E-state index contributed by atoms with van der Waals surface area (Å²) in [4.78, 5) is 0. The molecule has 0 aromatic carbocycles. The minimum absolute atomic E-state index is 0.167. The minimum atomic E-state index is -1.67. The Morgan fingerprint density at radius 3 is 1.88 bits per heavy atom. The van der Waals surface area contributed by atoms with Gasteiger partial charge < -0.3 is 13.7 Å². The van der Waals surface area contributed by atoms with E-state index in [0.29, 0.717) is 0 Å². The van der Waals surface area contributed by atoms with Gasteiger partial charge in [-0.15, -0.1) is 0 Å². The molecule has 0 saturated heterocycles. The standard InChI is InChI=1S/C11H27BO3Si/c1-10(9-12(13-5)14-6)15-16(7,8)11(2,3)4/h10H,9H2,1-8H3. The molecule has 0 aliphatic heterocycles. The van der Waals surface area contributed by atoms with Crippen molar-refractivity contribution in [2.75, 3.05) is 14.2 Å². The van der Waals surface area contributed by atoms with Gasteiger partial charge in [0.25, 0.3) is 0 Å². The summed E-state index contributed by atoms with van der Waals surface area (Å²) in [7, 11) is 1.48. The first-order chi connectivity index (χ1) is 7.14. The second-order valence-corrected chi connectivity index (χ2v) is 10.6. The van der Waals surface area contributed by atoms with Crippen LogP contribution in [0.1, 0.15) is 27.7 Å². The summed E-state index contributed by atoms with van der Waals surface area (Å²) in [5.74, 6) is 0. The largest absolute Gasteiger partial charge is 0.459 e. The van der Waals surface area contributed by atoms with E-state index < -0.39 is 8.32 Å². The lowest BCUT2D eigenvalue weighted by Gasteiger charge is -2.38. The molecule has 1 unspecified atom stereocenters. The molecule has 3 nitrogen and oxygen atoms in total. The van der Waals surface area contributed by atoms with Gasteiger partial charge in [0.15, 0.2) is 8.32 Å². The molecule has 0 aromatic rings. The zero-order chi connectivity index (χ0) is 13.0. The first kappa shape index (κ1) is 16.2. The van der Waals surface area contributed by atoms with Gasteiger partial charge in [-0.05, 0) is 25.1 Å². The molecule has 16 heavy (non-hydrogen) atoms. The van der Waals surface area contributed by atoms with Crippen LogP contribution in [0.4, 0.5) is 0 Å². The van der Waals surface area contributed by atoms with Crippen LogP contribution in [0.15, 0.2) is 0 Å². The van der Waals surface area contributed by atoms with Crippen LogP contribution >= 0.6 is 0 Å². The van der Waals surface area contributed by atoms with Crippen LogP contribution in [0.2, 0.25) is 24.5 Å². The van der Waals surface area contributed by atoms with Gasteiger partial charge >= 0.3 is 7.12 Å². The SMILES string of the molecule is COB(CC(C)O[Si](C)(C)C(C)(C)C)OC. The molecule has 5 heteroatoms. The summed E-state index contributed by atoms with van der Waals surface area (Å²) >= 11 is 0. The smallest absolute Gasteiger partial charge is 0.415 e. The summed E-state index contributed by atoms with van der Waals surface area (Å²) in [6.45, 7) is 13.4. The molecule has 0 radical (unpaired) electrons. The lowest BCUT2D eigenvalue weighted by molar-refractivity contribution is 0.194. The van der Waals surface area contributed by atoms with Crippen molar-refractivity contribution in [3.05, 3.63) is 0 Å². The summed E-state index contributed by atoms with van der Waals surface area (Å²) in [5, 5.41) is 0.247. The van der Waals surface area contributed by atoms with Crippen molar-refractivity contribution in [2.24, 2.45) is 0 Å². The average molecular weight is 246 g/mol. The van der Waals surface area contributed by atoms with Crippen LogP contribution in [0.5, 0.6) is 0 Å². The summed E-state index contributed by atoms with van der Waals surface area (Å²) in [5.41, 5.74) is 0. The highest BCUT2D eigenvalue weighted by Gasteiger charge is 2.39. The Hall–Kier alpha value is 0.162. The second kappa shape index (κ2) is 6.19. The third kappa shape index (κ3) is 5.00. The average Bonchev–Trinajstić information content (AvgIpc) is 2.11. The van der Waals surface area contributed by atoms with Crippen molar-refractivity contribution in [2.45, 2.75) is 58.3 Å². The maximum absolute atomic E-state index is 6.22. The number of rotatable bonds is 6. The molecule has 0 N–H and O–H groups in total. The van der Waals surface area contributed by atoms with Gasteiger partial charge in [0, 0.05) is 26.6 Å². The zero-order valence-corrected chi connectivity index (χ0v) is 13.1. The Balaban J connectivity index is 4.28. The van der Waals surface area contributed by atoms with Crippen LogP contribution in [0.25, 0.3) is 0 Å². The molecule has 0 aliphatic carbocycles. The molecule has 0 bridgehead atoms. The van der Waals surface area contributed by atoms with Crippen molar-refractivity contribution in [3.63, 3.8) is 0 Å². The maximum Gasteiger partial charge on any atom is 0.459 e.